The van der Waals surface area contributed by atoms with Gasteiger partial charge in [-0.1, -0.05) is 12.1 Å². The quantitative estimate of drug-likeness (QED) is 0.925. The number of anilines is 1. The summed E-state index contributed by atoms with van der Waals surface area (Å²) in [5.41, 5.74) is 3.29. The minimum atomic E-state index is -0.764. The second-order valence-electron chi connectivity index (χ2n) is 4.57. The van der Waals surface area contributed by atoms with Crippen molar-refractivity contribution < 1.29 is 14.3 Å². The number of nitrogens with zero attached hydrogens (tertiary/aromatic N) is 1. The highest BCUT2D eigenvalue weighted by atomic mass is 79.9. The number of carbonyl (C=O) groups is 1. The average molecular weight is 322 g/mol. The molecule has 0 bridgehead atoms. The number of carbonyl (C=O) groups excluding carboxylic acids is 1. The summed E-state index contributed by atoms with van der Waals surface area (Å²) in [5, 5.41) is 10.3. The van der Waals surface area contributed by atoms with Crippen molar-refractivity contribution in [1.29, 1.82) is 0 Å². The number of furan rings is 1. The second-order valence-corrected chi connectivity index (χ2v) is 5.29. The zero-order valence-electron chi connectivity index (χ0n) is 10.3. The molecule has 5 heteroatoms. The van der Waals surface area contributed by atoms with Crippen molar-refractivity contribution in [2.24, 2.45) is 0 Å². The number of rotatable bonds is 2. The number of halogens is 1. The molecule has 1 unspecified atom stereocenters. The van der Waals surface area contributed by atoms with E-state index in [0.717, 1.165) is 16.8 Å². The Morgan fingerprint density at radius 3 is 2.89 bits per heavy atom. The van der Waals surface area contributed by atoms with Gasteiger partial charge >= 0.3 is 0 Å². The Bertz CT molecular complexity index is 650. The van der Waals surface area contributed by atoms with Crippen molar-refractivity contribution in [2.45, 2.75) is 12.5 Å². The lowest BCUT2D eigenvalue weighted by Crippen LogP contribution is -2.20. The summed E-state index contributed by atoms with van der Waals surface area (Å²) in [6, 6.07) is 7.30. The molecule has 19 heavy (non-hydrogen) atoms. The Balaban J connectivity index is 1.98. The topological polar surface area (TPSA) is 53.7 Å². The van der Waals surface area contributed by atoms with Crippen molar-refractivity contribution in [3.8, 4) is 0 Å². The lowest BCUT2D eigenvalue weighted by atomic mass is 10.0. The van der Waals surface area contributed by atoms with E-state index in [2.05, 4.69) is 15.9 Å². The minimum absolute atomic E-state index is 0.0751. The molecular formula is C14H12BrNO3. The van der Waals surface area contributed by atoms with Gasteiger partial charge in [-0.3, -0.25) is 4.79 Å². The molecule has 0 saturated heterocycles. The van der Waals surface area contributed by atoms with Crippen LogP contribution in [0.1, 0.15) is 22.8 Å². The van der Waals surface area contributed by atoms with Gasteiger partial charge in [0.1, 0.15) is 6.10 Å². The average Bonchev–Trinajstić information content (AvgIpc) is 2.93. The van der Waals surface area contributed by atoms with Gasteiger partial charge in [-0.15, -0.1) is 0 Å². The summed E-state index contributed by atoms with van der Waals surface area (Å²) in [5.74, 6) is 0.0751. The smallest absolute Gasteiger partial charge is 0.231 e. The fourth-order valence-corrected chi connectivity index (χ4v) is 2.80. The molecule has 0 spiro atoms. The van der Waals surface area contributed by atoms with Crippen LogP contribution in [-0.4, -0.2) is 18.1 Å². The molecule has 0 aliphatic carbocycles. The summed E-state index contributed by atoms with van der Waals surface area (Å²) in [7, 11) is 1.76. The molecule has 0 radical (unpaired) electrons. The van der Waals surface area contributed by atoms with E-state index in [0.29, 0.717) is 16.7 Å². The number of aliphatic hydroxyl groups is 1. The van der Waals surface area contributed by atoms with Gasteiger partial charge in [0.05, 0.1) is 12.7 Å². The van der Waals surface area contributed by atoms with E-state index in [1.165, 1.54) is 6.26 Å². The predicted octanol–water partition coefficient (Wildman–Crippen LogP) is 2.64. The summed E-state index contributed by atoms with van der Waals surface area (Å²) < 4.78 is 5.65. The minimum Gasteiger partial charge on any atom is -0.457 e. The number of benzene rings is 1. The van der Waals surface area contributed by atoms with Gasteiger partial charge in [-0.2, -0.15) is 0 Å². The third-order valence-electron chi connectivity index (χ3n) is 3.44. The van der Waals surface area contributed by atoms with Gasteiger partial charge in [0.2, 0.25) is 5.91 Å². The Hall–Kier alpha value is -1.59. The standard InChI is InChI=1S/C14H12BrNO3/c1-16-11-3-2-8(6-9(11)7-12(16)17)13(18)10-4-5-19-14(10)15/h2-6,13,18H,7H2,1H3. The number of fused-ring (bicyclic) bond motifs is 1. The van der Waals surface area contributed by atoms with E-state index in [4.69, 9.17) is 4.42 Å². The Morgan fingerprint density at radius 2 is 2.21 bits per heavy atom. The number of hydrogen-bond donors (Lipinski definition) is 1. The molecule has 98 valence electrons. The van der Waals surface area contributed by atoms with Gasteiger partial charge in [0, 0.05) is 18.3 Å². The first-order chi connectivity index (χ1) is 9.08. The largest absolute Gasteiger partial charge is 0.457 e. The van der Waals surface area contributed by atoms with E-state index in [1.807, 2.05) is 18.2 Å². The van der Waals surface area contributed by atoms with Crippen molar-refractivity contribution in [3.05, 3.63) is 51.9 Å². The van der Waals surface area contributed by atoms with E-state index in [1.54, 1.807) is 18.0 Å². The van der Waals surface area contributed by atoms with Gasteiger partial charge in [0.15, 0.2) is 4.67 Å². The molecule has 1 N–H and O–H groups in total. The first-order valence-electron chi connectivity index (χ1n) is 5.88. The number of hydrogen-bond acceptors (Lipinski definition) is 3. The first-order valence-corrected chi connectivity index (χ1v) is 6.67. The van der Waals surface area contributed by atoms with Crippen molar-refractivity contribution in [1.82, 2.24) is 0 Å². The van der Waals surface area contributed by atoms with Crippen LogP contribution in [0.5, 0.6) is 0 Å². The lowest BCUT2D eigenvalue weighted by Gasteiger charge is -2.13. The third kappa shape index (κ3) is 1.99. The zero-order chi connectivity index (χ0) is 13.6. The summed E-state index contributed by atoms with van der Waals surface area (Å²) in [6.07, 6.45) is 1.14. The van der Waals surface area contributed by atoms with Crippen molar-refractivity contribution in [2.75, 3.05) is 11.9 Å². The maximum Gasteiger partial charge on any atom is 0.231 e. The third-order valence-corrected chi connectivity index (χ3v) is 4.08. The van der Waals surface area contributed by atoms with Crippen LogP contribution in [0.15, 0.2) is 39.6 Å². The first kappa shape index (κ1) is 12.4. The molecule has 1 aromatic carbocycles. The van der Waals surface area contributed by atoms with Gasteiger partial charge < -0.3 is 14.4 Å². The maximum absolute atomic E-state index is 11.6. The molecule has 4 nitrogen and oxygen atoms in total. The Labute approximate surface area is 118 Å². The molecular weight excluding hydrogens is 310 g/mol. The number of likely N-dealkylation sites (N-methyl/N-ethyl adjacent to an activating group) is 1. The SMILES string of the molecule is CN1C(=O)Cc2cc(C(O)c3ccoc3Br)ccc21. The molecule has 1 aliphatic rings. The molecule has 1 aliphatic heterocycles. The van der Waals surface area contributed by atoms with Crippen LogP contribution in [0.4, 0.5) is 5.69 Å². The fraction of sp³-hybridized carbons (Fsp3) is 0.214. The van der Waals surface area contributed by atoms with E-state index in [9.17, 15) is 9.90 Å². The van der Waals surface area contributed by atoms with E-state index >= 15 is 0 Å². The van der Waals surface area contributed by atoms with E-state index in [-0.39, 0.29) is 5.91 Å². The molecule has 1 aromatic heterocycles. The highest BCUT2D eigenvalue weighted by Crippen LogP contribution is 2.34. The summed E-state index contributed by atoms with van der Waals surface area (Å²) in [4.78, 5) is 13.3. The monoisotopic (exact) mass is 321 g/mol. The highest BCUT2D eigenvalue weighted by molar-refractivity contribution is 9.10. The van der Waals surface area contributed by atoms with Crippen LogP contribution in [-0.2, 0) is 11.2 Å². The van der Waals surface area contributed by atoms with Crippen molar-refractivity contribution >= 4 is 27.5 Å². The molecule has 0 saturated carbocycles. The second kappa shape index (κ2) is 4.51. The normalized spacial score (nSPS) is 15.7. The molecule has 3 rings (SSSR count). The number of aliphatic hydroxyl groups excluding tert-OH is 1. The summed E-state index contributed by atoms with van der Waals surface area (Å²) in [6.45, 7) is 0. The van der Waals surface area contributed by atoms with Crippen LogP contribution in [0.3, 0.4) is 0 Å². The van der Waals surface area contributed by atoms with E-state index < -0.39 is 6.10 Å². The molecule has 1 amide bonds. The zero-order valence-corrected chi connectivity index (χ0v) is 11.8. The summed E-state index contributed by atoms with van der Waals surface area (Å²) >= 11 is 3.26. The molecule has 2 aromatic rings. The fourth-order valence-electron chi connectivity index (χ4n) is 2.34. The van der Waals surface area contributed by atoms with Crippen LogP contribution >= 0.6 is 15.9 Å². The van der Waals surface area contributed by atoms with Gasteiger partial charge in [-0.25, -0.2) is 0 Å². The Morgan fingerprint density at radius 1 is 1.42 bits per heavy atom. The molecule has 1 atom stereocenters. The lowest BCUT2D eigenvalue weighted by molar-refractivity contribution is -0.117. The maximum atomic E-state index is 11.6. The Kier molecular flexibility index (Phi) is 2.95. The van der Waals surface area contributed by atoms with Crippen LogP contribution in [0, 0.1) is 0 Å². The predicted molar refractivity (Wildman–Crippen MR) is 74.0 cm³/mol. The van der Waals surface area contributed by atoms with Crippen molar-refractivity contribution in [3.63, 3.8) is 0 Å². The number of amides is 1. The van der Waals surface area contributed by atoms with Crippen LogP contribution in [0.25, 0.3) is 0 Å². The van der Waals surface area contributed by atoms with Crippen LogP contribution in [0.2, 0.25) is 0 Å². The van der Waals surface area contributed by atoms with Gasteiger partial charge in [0.25, 0.3) is 0 Å². The van der Waals surface area contributed by atoms with Crippen LogP contribution < -0.4 is 4.90 Å². The highest BCUT2D eigenvalue weighted by Gasteiger charge is 2.25. The molecule has 2 heterocycles. The van der Waals surface area contributed by atoms with Gasteiger partial charge in [-0.05, 0) is 39.2 Å². The molecule has 0 fully saturated rings.